The fourth-order valence-electron chi connectivity index (χ4n) is 1.92. The van der Waals surface area contributed by atoms with Gasteiger partial charge in [0.05, 0.1) is 0 Å². The maximum Gasteiger partial charge on any atom is 0.270 e. The Kier molecular flexibility index (Phi) is 6.35. The van der Waals surface area contributed by atoms with Crippen molar-refractivity contribution in [2.24, 2.45) is 5.92 Å². The highest BCUT2D eigenvalue weighted by Crippen LogP contribution is 2.10. The summed E-state index contributed by atoms with van der Waals surface area (Å²) in [5.41, 5.74) is 1.42. The Morgan fingerprint density at radius 3 is 2.65 bits per heavy atom. The summed E-state index contributed by atoms with van der Waals surface area (Å²) in [5, 5.41) is 6.67. The van der Waals surface area contributed by atoms with Crippen molar-refractivity contribution in [1.82, 2.24) is 15.3 Å². The number of carbonyl (C=O) groups is 1. The highest BCUT2D eigenvalue weighted by atomic mass is 35.5. The zero-order chi connectivity index (χ0) is 16.7. The van der Waals surface area contributed by atoms with Gasteiger partial charge in [0.2, 0.25) is 5.95 Å². The second-order valence-corrected chi connectivity index (χ2v) is 6.12. The Bertz CT molecular complexity index is 643. The van der Waals surface area contributed by atoms with Crippen LogP contribution >= 0.6 is 11.6 Å². The van der Waals surface area contributed by atoms with E-state index < -0.39 is 0 Å². The van der Waals surface area contributed by atoms with Crippen LogP contribution < -0.4 is 10.6 Å². The lowest BCUT2D eigenvalue weighted by Gasteiger charge is -2.08. The molecule has 5 nitrogen and oxygen atoms in total. The van der Waals surface area contributed by atoms with Crippen LogP contribution in [0.15, 0.2) is 36.5 Å². The molecule has 0 atom stereocenters. The molecular formula is C17H21ClN4O. The SMILES string of the molecule is CC(C)CCNC(=O)c1ccnc(NCc2ccc(Cl)cc2)n1. The summed E-state index contributed by atoms with van der Waals surface area (Å²) in [7, 11) is 0. The van der Waals surface area contributed by atoms with Crippen molar-refractivity contribution in [1.29, 1.82) is 0 Å². The minimum Gasteiger partial charge on any atom is -0.351 e. The van der Waals surface area contributed by atoms with Crippen LogP contribution in [0.2, 0.25) is 5.02 Å². The Hall–Kier alpha value is -2.14. The van der Waals surface area contributed by atoms with E-state index in [0.29, 0.717) is 35.7 Å². The van der Waals surface area contributed by atoms with Gasteiger partial charge in [-0.25, -0.2) is 9.97 Å². The van der Waals surface area contributed by atoms with Crippen LogP contribution in [-0.2, 0) is 6.54 Å². The number of hydrogen-bond donors (Lipinski definition) is 2. The minimum atomic E-state index is -0.178. The lowest BCUT2D eigenvalue weighted by atomic mass is 10.1. The molecule has 0 spiro atoms. The molecule has 1 amide bonds. The average molecular weight is 333 g/mol. The molecule has 23 heavy (non-hydrogen) atoms. The van der Waals surface area contributed by atoms with Crippen molar-refractivity contribution in [2.45, 2.75) is 26.8 Å². The second-order valence-electron chi connectivity index (χ2n) is 5.68. The predicted octanol–water partition coefficient (Wildman–Crippen LogP) is 3.52. The van der Waals surface area contributed by atoms with E-state index in [-0.39, 0.29) is 5.91 Å². The topological polar surface area (TPSA) is 66.9 Å². The van der Waals surface area contributed by atoms with Gasteiger partial charge in [-0.15, -0.1) is 0 Å². The third-order valence-electron chi connectivity index (χ3n) is 3.26. The van der Waals surface area contributed by atoms with Gasteiger partial charge in [0.1, 0.15) is 5.69 Å². The largest absolute Gasteiger partial charge is 0.351 e. The molecule has 122 valence electrons. The standard InChI is InChI=1S/C17H21ClN4O/c1-12(2)7-9-19-16(23)15-8-10-20-17(22-15)21-11-13-3-5-14(18)6-4-13/h3-6,8,10,12H,7,9,11H2,1-2H3,(H,19,23)(H,20,21,22). The van der Waals surface area contributed by atoms with Gasteiger partial charge in [0.25, 0.3) is 5.91 Å². The predicted molar refractivity (Wildman–Crippen MR) is 92.6 cm³/mol. The molecule has 0 saturated heterocycles. The van der Waals surface area contributed by atoms with Crippen molar-refractivity contribution in [3.05, 3.63) is 52.8 Å². The highest BCUT2D eigenvalue weighted by molar-refractivity contribution is 6.30. The smallest absolute Gasteiger partial charge is 0.270 e. The second kappa shape index (κ2) is 8.48. The number of nitrogens with zero attached hydrogens (tertiary/aromatic N) is 2. The van der Waals surface area contributed by atoms with Gasteiger partial charge in [0, 0.05) is 24.3 Å². The summed E-state index contributed by atoms with van der Waals surface area (Å²) in [4.78, 5) is 20.4. The Morgan fingerprint density at radius 2 is 1.96 bits per heavy atom. The van der Waals surface area contributed by atoms with Gasteiger partial charge in [-0.05, 0) is 36.1 Å². The zero-order valence-corrected chi connectivity index (χ0v) is 14.1. The number of aromatic nitrogens is 2. The molecule has 2 N–H and O–H groups in total. The van der Waals surface area contributed by atoms with Gasteiger partial charge < -0.3 is 10.6 Å². The van der Waals surface area contributed by atoms with Crippen LogP contribution in [0.3, 0.4) is 0 Å². The fraction of sp³-hybridized carbons (Fsp3) is 0.353. The molecule has 0 aliphatic carbocycles. The molecular weight excluding hydrogens is 312 g/mol. The van der Waals surface area contributed by atoms with Crippen LogP contribution in [0.5, 0.6) is 0 Å². The van der Waals surface area contributed by atoms with Crippen LogP contribution in [0.1, 0.15) is 36.3 Å². The first-order valence-electron chi connectivity index (χ1n) is 7.64. The first kappa shape index (κ1) is 17.2. The van der Waals surface area contributed by atoms with E-state index in [1.54, 1.807) is 12.3 Å². The maximum atomic E-state index is 12.0. The number of halogens is 1. The monoisotopic (exact) mass is 332 g/mol. The molecule has 0 unspecified atom stereocenters. The lowest BCUT2D eigenvalue weighted by Crippen LogP contribution is -2.26. The number of rotatable bonds is 7. The van der Waals surface area contributed by atoms with Crippen LogP contribution in [0.4, 0.5) is 5.95 Å². The molecule has 0 aliphatic heterocycles. The third-order valence-corrected chi connectivity index (χ3v) is 3.51. The van der Waals surface area contributed by atoms with Crippen molar-refractivity contribution in [3.63, 3.8) is 0 Å². The summed E-state index contributed by atoms with van der Waals surface area (Å²) in [5.74, 6) is 0.802. The first-order valence-corrected chi connectivity index (χ1v) is 8.02. The van der Waals surface area contributed by atoms with E-state index in [9.17, 15) is 4.79 Å². The lowest BCUT2D eigenvalue weighted by molar-refractivity contribution is 0.0947. The van der Waals surface area contributed by atoms with E-state index in [4.69, 9.17) is 11.6 Å². The van der Waals surface area contributed by atoms with Gasteiger partial charge in [0.15, 0.2) is 0 Å². The quantitative estimate of drug-likeness (QED) is 0.814. The van der Waals surface area contributed by atoms with Crippen molar-refractivity contribution in [2.75, 3.05) is 11.9 Å². The normalized spacial score (nSPS) is 10.6. The number of hydrogen-bond acceptors (Lipinski definition) is 4. The van der Waals surface area contributed by atoms with Crippen molar-refractivity contribution in [3.8, 4) is 0 Å². The molecule has 2 rings (SSSR count). The van der Waals surface area contributed by atoms with Crippen molar-refractivity contribution < 1.29 is 4.79 Å². The molecule has 6 heteroatoms. The first-order chi connectivity index (χ1) is 11.0. The minimum absolute atomic E-state index is 0.178. The summed E-state index contributed by atoms with van der Waals surface area (Å²) in [6.07, 6.45) is 2.52. The molecule has 1 aromatic heterocycles. The molecule has 1 heterocycles. The van der Waals surface area contributed by atoms with E-state index in [1.165, 1.54) is 0 Å². The molecule has 0 saturated carbocycles. The summed E-state index contributed by atoms with van der Waals surface area (Å²) < 4.78 is 0. The summed E-state index contributed by atoms with van der Waals surface area (Å²) >= 11 is 5.86. The molecule has 1 aromatic carbocycles. The fourth-order valence-corrected chi connectivity index (χ4v) is 2.04. The number of anilines is 1. The van der Waals surface area contributed by atoms with E-state index in [0.717, 1.165) is 12.0 Å². The average Bonchev–Trinajstić information content (AvgIpc) is 2.54. The maximum absolute atomic E-state index is 12.0. The Labute approximate surface area is 141 Å². The van der Waals surface area contributed by atoms with Crippen LogP contribution in [0, 0.1) is 5.92 Å². The number of amides is 1. The summed E-state index contributed by atoms with van der Waals surface area (Å²) in [6.45, 7) is 5.45. The van der Waals surface area contributed by atoms with Gasteiger partial charge in [-0.2, -0.15) is 0 Å². The molecule has 0 bridgehead atoms. The molecule has 0 radical (unpaired) electrons. The van der Waals surface area contributed by atoms with Gasteiger partial charge in [-0.3, -0.25) is 4.79 Å². The Morgan fingerprint density at radius 1 is 1.22 bits per heavy atom. The van der Waals surface area contributed by atoms with Gasteiger partial charge in [-0.1, -0.05) is 37.6 Å². The number of nitrogens with one attached hydrogen (secondary N) is 2. The van der Waals surface area contributed by atoms with Gasteiger partial charge >= 0.3 is 0 Å². The van der Waals surface area contributed by atoms with Crippen LogP contribution in [-0.4, -0.2) is 22.4 Å². The molecule has 0 fully saturated rings. The van der Waals surface area contributed by atoms with Crippen molar-refractivity contribution >= 4 is 23.5 Å². The van der Waals surface area contributed by atoms with Crippen LogP contribution in [0.25, 0.3) is 0 Å². The van der Waals surface area contributed by atoms with E-state index in [1.807, 2.05) is 24.3 Å². The Balaban J connectivity index is 1.91. The molecule has 0 aliphatic rings. The summed E-state index contributed by atoms with van der Waals surface area (Å²) in [6, 6.07) is 9.13. The highest BCUT2D eigenvalue weighted by Gasteiger charge is 2.08. The zero-order valence-electron chi connectivity index (χ0n) is 13.3. The molecule has 2 aromatic rings. The number of benzene rings is 1. The van der Waals surface area contributed by atoms with E-state index in [2.05, 4.69) is 34.4 Å². The number of carbonyl (C=O) groups excluding carboxylic acids is 1. The van der Waals surface area contributed by atoms with E-state index >= 15 is 0 Å². The third kappa shape index (κ3) is 5.87.